The van der Waals surface area contributed by atoms with Crippen LogP contribution in [-0.2, 0) is 0 Å². The van der Waals surface area contributed by atoms with Crippen molar-refractivity contribution < 1.29 is 8.39 Å². The van der Waals surface area contributed by atoms with Crippen LogP contribution in [0.5, 0.6) is 0 Å². The third-order valence-electron chi connectivity index (χ3n) is 6.64. The first-order valence-corrected chi connectivity index (χ1v) is 14.1. The first-order valence-electron chi connectivity index (χ1n) is 13.0. The minimum Gasteiger partial charge on any atom is -0.408 e. The molecule has 0 N–H and O–H groups in total. The topological polar surface area (TPSA) is 55.3 Å². The first kappa shape index (κ1) is 24.4. The Morgan fingerprint density at radius 1 is 0.553 bits per heavy atom. The van der Waals surface area contributed by atoms with E-state index in [2.05, 4.69) is 68.8 Å². The number of aromatic nitrogens is 2. The molecule has 4 aromatic carbocycles. The van der Waals surface area contributed by atoms with Gasteiger partial charge in [-0.2, -0.15) is 4.67 Å². The summed E-state index contributed by atoms with van der Waals surface area (Å²) < 4.78 is 15.7. The Morgan fingerprint density at radius 3 is 1.37 bits per heavy atom. The van der Waals surface area contributed by atoms with Crippen LogP contribution in [0.15, 0.2) is 105 Å². The third kappa shape index (κ3) is 4.38. The smallest absolute Gasteiger partial charge is 0.310 e. The minimum atomic E-state index is -1.40. The van der Waals surface area contributed by atoms with E-state index in [4.69, 9.17) is 18.4 Å². The van der Waals surface area contributed by atoms with Crippen molar-refractivity contribution in [1.82, 2.24) is 9.97 Å². The van der Waals surface area contributed by atoms with Crippen LogP contribution in [-0.4, -0.2) is 22.1 Å². The standard InChI is InChI=1S/C32H30N3O2P/c1-21(2)35(22(3)4)38-36-27-19-11-17-25-29(27)30-26(18-12-20-28(30)37-38)34-32(24-15-9-6-10-16-24)31(33-25)23-13-7-5-8-14-23/h5-22H,1-4H3. The molecule has 2 aromatic heterocycles. The van der Waals surface area contributed by atoms with Crippen molar-refractivity contribution in [1.29, 1.82) is 0 Å². The summed E-state index contributed by atoms with van der Waals surface area (Å²) in [7, 11) is -1.40. The van der Waals surface area contributed by atoms with Crippen molar-refractivity contribution in [3.05, 3.63) is 97.1 Å². The molecule has 0 spiro atoms. The first-order chi connectivity index (χ1) is 18.5. The Hall–Kier alpha value is -3.92. The highest BCUT2D eigenvalue weighted by Gasteiger charge is 2.22. The fraction of sp³-hybridized carbons (Fsp3) is 0.188. The zero-order valence-corrected chi connectivity index (χ0v) is 22.9. The van der Waals surface area contributed by atoms with Crippen LogP contribution in [0.2, 0.25) is 0 Å². The lowest BCUT2D eigenvalue weighted by molar-refractivity contribution is 0.570. The summed E-state index contributed by atoms with van der Waals surface area (Å²) in [6.45, 7) is 8.70. The molecule has 2 heterocycles. The lowest BCUT2D eigenvalue weighted by atomic mass is 10.0. The average molecular weight is 520 g/mol. The maximum atomic E-state index is 6.69. The molecule has 0 fully saturated rings. The van der Waals surface area contributed by atoms with Gasteiger partial charge in [-0.15, -0.1) is 0 Å². The molecule has 5 nitrogen and oxygen atoms in total. The fourth-order valence-electron chi connectivity index (χ4n) is 5.08. The number of benzene rings is 4. The Balaban J connectivity index is 1.84. The molecule has 190 valence electrons. The van der Waals surface area contributed by atoms with Crippen molar-refractivity contribution in [3.8, 4) is 22.5 Å². The largest absolute Gasteiger partial charge is 0.408 e. The van der Waals surface area contributed by atoms with Gasteiger partial charge in [-0.05, 0) is 52.0 Å². The second-order valence-electron chi connectivity index (χ2n) is 9.94. The van der Waals surface area contributed by atoms with Crippen LogP contribution >= 0.6 is 8.16 Å². The second kappa shape index (κ2) is 10.1. The predicted octanol–water partition coefficient (Wildman–Crippen LogP) is 9.32. The molecule has 0 amide bonds. The van der Waals surface area contributed by atoms with Crippen LogP contribution in [0.3, 0.4) is 0 Å². The van der Waals surface area contributed by atoms with Crippen LogP contribution in [0.4, 0.5) is 0 Å². The van der Waals surface area contributed by atoms with Crippen molar-refractivity contribution in [2.75, 3.05) is 4.67 Å². The van der Waals surface area contributed by atoms with Crippen LogP contribution < -0.4 is 4.67 Å². The molecular weight excluding hydrogens is 489 g/mol. The molecule has 0 radical (unpaired) electrons. The molecule has 0 saturated heterocycles. The molecule has 0 atom stereocenters. The lowest BCUT2D eigenvalue weighted by Gasteiger charge is -2.26. The van der Waals surface area contributed by atoms with Gasteiger partial charge in [0.25, 0.3) is 0 Å². The molecule has 38 heavy (non-hydrogen) atoms. The van der Waals surface area contributed by atoms with E-state index in [-0.39, 0.29) is 12.1 Å². The summed E-state index contributed by atoms with van der Waals surface area (Å²) in [5.74, 6) is 0. The second-order valence-corrected chi connectivity index (χ2v) is 11.2. The van der Waals surface area contributed by atoms with Gasteiger partial charge in [0.15, 0.2) is 0 Å². The number of nitrogens with zero attached hydrogens (tertiary/aromatic N) is 3. The zero-order chi connectivity index (χ0) is 26.2. The van der Waals surface area contributed by atoms with Gasteiger partial charge in [0, 0.05) is 23.2 Å². The zero-order valence-electron chi connectivity index (χ0n) is 22.0. The third-order valence-corrected chi connectivity index (χ3v) is 8.65. The van der Waals surface area contributed by atoms with Crippen LogP contribution in [0.1, 0.15) is 27.7 Å². The Morgan fingerprint density at radius 2 is 0.974 bits per heavy atom. The summed E-state index contributed by atoms with van der Waals surface area (Å²) in [5, 5.41) is 1.83. The molecule has 0 aliphatic heterocycles. The predicted molar refractivity (Wildman–Crippen MR) is 159 cm³/mol. The van der Waals surface area contributed by atoms with E-state index in [0.717, 1.165) is 55.5 Å². The van der Waals surface area contributed by atoms with E-state index in [1.54, 1.807) is 0 Å². The van der Waals surface area contributed by atoms with Crippen molar-refractivity contribution in [3.63, 3.8) is 0 Å². The SMILES string of the molecule is CC(C)N(C(C)C)p1oc2cccc3nc(-c4ccccc4)c(-c4ccccc4)nc4cccc(o1)c4c32. The average Bonchev–Trinajstić information content (AvgIpc) is 3.07. The molecular formula is C32H30N3O2P. The highest BCUT2D eigenvalue weighted by Crippen LogP contribution is 2.42. The van der Waals surface area contributed by atoms with Gasteiger partial charge in [0.05, 0.1) is 33.2 Å². The summed E-state index contributed by atoms with van der Waals surface area (Å²) >= 11 is 0. The molecule has 0 aliphatic carbocycles. The minimum absolute atomic E-state index is 0.249. The maximum absolute atomic E-state index is 6.69. The van der Waals surface area contributed by atoms with Crippen LogP contribution in [0, 0.1) is 0 Å². The van der Waals surface area contributed by atoms with E-state index in [9.17, 15) is 0 Å². The summed E-state index contributed by atoms with van der Waals surface area (Å²) in [5.41, 5.74) is 6.84. The number of hydrogen-bond donors (Lipinski definition) is 0. The highest BCUT2D eigenvalue weighted by atomic mass is 31.1. The number of hydrogen-bond acceptors (Lipinski definition) is 5. The molecule has 0 unspecified atom stereocenters. The molecule has 0 aliphatic rings. The van der Waals surface area contributed by atoms with E-state index < -0.39 is 8.16 Å². The van der Waals surface area contributed by atoms with Gasteiger partial charge in [-0.25, -0.2) is 9.97 Å². The van der Waals surface area contributed by atoms with Gasteiger partial charge in [0.1, 0.15) is 11.2 Å². The molecule has 6 aromatic rings. The van der Waals surface area contributed by atoms with Crippen LogP contribution in [0.25, 0.3) is 55.5 Å². The summed E-state index contributed by atoms with van der Waals surface area (Å²) in [6.07, 6.45) is 0. The van der Waals surface area contributed by atoms with Gasteiger partial charge in [-0.3, -0.25) is 0 Å². The van der Waals surface area contributed by atoms with Gasteiger partial charge in [-0.1, -0.05) is 72.8 Å². The van der Waals surface area contributed by atoms with Crippen molar-refractivity contribution in [2.24, 2.45) is 0 Å². The summed E-state index contributed by atoms with van der Waals surface area (Å²) in [4.78, 5) is 10.6. The van der Waals surface area contributed by atoms with Crippen molar-refractivity contribution >= 4 is 41.1 Å². The summed E-state index contributed by atoms with van der Waals surface area (Å²) in [6, 6.07) is 33.2. The highest BCUT2D eigenvalue weighted by molar-refractivity contribution is 7.39. The lowest BCUT2D eigenvalue weighted by Crippen LogP contribution is -2.34. The van der Waals surface area contributed by atoms with E-state index >= 15 is 0 Å². The van der Waals surface area contributed by atoms with E-state index in [0.29, 0.717) is 0 Å². The molecule has 0 bridgehead atoms. The molecule has 0 saturated carbocycles. The Labute approximate surface area is 223 Å². The van der Waals surface area contributed by atoms with Gasteiger partial charge >= 0.3 is 8.16 Å². The Bertz CT molecular complexity index is 1650. The van der Waals surface area contributed by atoms with Crippen molar-refractivity contribution in [2.45, 2.75) is 39.8 Å². The van der Waals surface area contributed by atoms with Gasteiger partial charge < -0.3 is 8.39 Å². The molecule has 6 heteroatoms. The van der Waals surface area contributed by atoms with E-state index in [1.165, 1.54) is 0 Å². The number of rotatable bonds is 5. The quantitative estimate of drug-likeness (QED) is 0.227. The monoisotopic (exact) mass is 519 g/mol. The van der Waals surface area contributed by atoms with E-state index in [1.807, 2.05) is 60.7 Å². The Kier molecular flexibility index (Phi) is 6.49. The fourth-order valence-corrected chi connectivity index (χ4v) is 6.70. The maximum Gasteiger partial charge on any atom is 0.310 e. The normalized spacial score (nSPS) is 11.9. The van der Waals surface area contributed by atoms with Gasteiger partial charge in [0.2, 0.25) is 0 Å². The molecule has 6 rings (SSSR count).